The summed E-state index contributed by atoms with van der Waals surface area (Å²) < 4.78 is 11.0. The smallest absolute Gasteiger partial charge is 0.308 e. The highest BCUT2D eigenvalue weighted by Gasteiger charge is 2.29. The lowest BCUT2D eigenvalue weighted by molar-refractivity contribution is -0.132. The van der Waals surface area contributed by atoms with Gasteiger partial charge in [0.2, 0.25) is 0 Å². The third-order valence-electron chi connectivity index (χ3n) is 2.99. The SMILES string of the molecule is CN=C1S/C(=C/c2cc(Br)c(OC(C)=O)c(OC)c2)C(=O)N1C. The maximum Gasteiger partial charge on any atom is 0.308 e. The lowest BCUT2D eigenvalue weighted by Crippen LogP contribution is -2.23. The Kier molecular flexibility index (Phi) is 5.48. The van der Waals surface area contributed by atoms with Crippen LogP contribution in [0.4, 0.5) is 0 Å². The number of methoxy groups -OCH3 is 1. The first-order valence-corrected chi connectivity index (χ1v) is 8.18. The molecule has 1 amide bonds. The van der Waals surface area contributed by atoms with E-state index in [2.05, 4.69) is 20.9 Å². The number of carbonyl (C=O) groups excluding carboxylic acids is 2. The number of amides is 1. The van der Waals surface area contributed by atoms with Gasteiger partial charge in [0.15, 0.2) is 16.7 Å². The fraction of sp³-hybridized carbons (Fsp3) is 0.267. The van der Waals surface area contributed by atoms with Gasteiger partial charge in [-0.2, -0.15) is 0 Å². The first-order chi connectivity index (χ1) is 10.9. The van der Waals surface area contributed by atoms with Crippen molar-refractivity contribution >= 4 is 50.8 Å². The van der Waals surface area contributed by atoms with Crippen molar-refractivity contribution in [2.45, 2.75) is 6.92 Å². The van der Waals surface area contributed by atoms with Gasteiger partial charge >= 0.3 is 5.97 Å². The van der Waals surface area contributed by atoms with E-state index in [0.29, 0.717) is 26.0 Å². The van der Waals surface area contributed by atoms with Crippen LogP contribution in [0, 0.1) is 0 Å². The highest BCUT2D eigenvalue weighted by molar-refractivity contribution is 9.10. The Bertz CT molecular complexity index is 730. The summed E-state index contributed by atoms with van der Waals surface area (Å²) in [4.78, 5) is 29.5. The Morgan fingerprint density at radius 2 is 2.13 bits per heavy atom. The quantitative estimate of drug-likeness (QED) is 0.444. The number of esters is 1. The fourth-order valence-electron chi connectivity index (χ4n) is 1.97. The molecule has 8 heteroatoms. The number of aliphatic imine (C=N–C) groups is 1. The number of hydrogen-bond acceptors (Lipinski definition) is 6. The molecule has 23 heavy (non-hydrogen) atoms. The van der Waals surface area contributed by atoms with Crippen LogP contribution >= 0.6 is 27.7 Å². The summed E-state index contributed by atoms with van der Waals surface area (Å²) in [6, 6.07) is 3.45. The van der Waals surface area contributed by atoms with Gasteiger partial charge in [-0.25, -0.2) is 0 Å². The highest BCUT2D eigenvalue weighted by Crippen LogP contribution is 2.39. The van der Waals surface area contributed by atoms with Gasteiger partial charge in [-0.1, -0.05) is 0 Å². The van der Waals surface area contributed by atoms with Gasteiger partial charge in [-0.15, -0.1) is 0 Å². The van der Waals surface area contributed by atoms with Crippen LogP contribution in [0.3, 0.4) is 0 Å². The molecule has 0 aliphatic carbocycles. The fourth-order valence-corrected chi connectivity index (χ4v) is 3.43. The second-order valence-corrected chi connectivity index (χ2v) is 6.47. The molecular formula is C15H15BrN2O4S. The monoisotopic (exact) mass is 398 g/mol. The minimum absolute atomic E-state index is 0.116. The first-order valence-electron chi connectivity index (χ1n) is 6.57. The first kappa shape index (κ1) is 17.6. The number of hydrogen-bond donors (Lipinski definition) is 0. The molecule has 0 aromatic heterocycles. The molecule has 0 radical (unpaired) electrons. The summed E-state index contributed by atoms with van der Waals surface area (Å²) in [7, 11) is 4.80. The molecule has 0 spiro atoms. The molecule has 0 unspecified atom stereocenters. The second-order valence-electron chi connectivity index (χ2n) is 4.61. The molecule has 6 nitrogen and oxygen atoms in total. The van der Waals surface area contributed by atoms with E-state index in [-0.39, 0.29) is 5.91 Å². The number of rotatable bonds is 3. The van der Waals surface area contributed by atoms with Gasteiger partial charge in [-0.05, 0) is 51.5 Å². The average Bonchev–Trinajstić information content (AvgIpc) is 2.77. The zero-order valence-corrected chi connectivity index (χ0v) is 15.4. The van der Waals surface area contributed by atoms with Crippen LogP contribution in [0.5, 0.6) is 11.5 Å². The molecule has 0 bridgehead atoms. The van der Waals surface area contributed by atoms with E-state index in [1.54, 1.807) is 32.3 Å². The molecule has 122 valence electrons. The van der Waals surface area contributed by atoms with Gasteiger partial charge in [0.25, 0.3) is 5.91 Å². The normalized spacial score (nSPS) is 18.0. The molecule has 1 aliphatic heterocycles. The lowest BCUT2D eigenvalue weighted by Gasteiger charge is -2.11. The van der Waals surface area contributed by atoms with Gasteiger partial charge < -0.3 is 9.47 Å². The molecular weight excluding hydrogens is 384 g/mol. The van der Waals surface area contributed by atoms with Crippen molar-refractivity contribution in [3.63, 3.8) is 0 Å². The number of carbonyl (C=O) groups is 2. The number of benzene rings is 1. The minimum atomic E-state index is -0.443. The lowest BCUT2D eigenvalue weighted by atomic mass is 10.2. The van der Waals surface area contributed by atoms with Crippen molar-refractivity contribution in [2.75, 3.05) is 21.2 Å². The number of amidine groups is 1. The van der Waals surface area contributed by atoms with E-state index in [4.69, 9.17) is 9.47 Å². The summed E-state index contributed by atoms with van der Waals surface area (Å²) in [5.41, 5.74) is 0.742. The summed E-state index contributed by atoms with van der Waals surface area (Å²) in [5.74, 6) is 0.145. The van der Waals surface area contributed by atoms with E-state index >= 15 is 0 Å². The zero-order chi connectivity index (χ0) is 17.1. The van der Waals surface area contributed by atoms with E-state index in [0.717, 1.165) is 5.56 Å². The van der Waals surface area contributed by atoms with Crippen molar-refractivity contribution in [3.05, 3.63) is 27.1 Å². The molecule has 1 aromatic carbocycles. The third kappa shape index (κ3) is 3.76. The minimum Gasteiger partial charge on any atom is -0.493 e. The van der Waals surface area contributed by atoms with Crippen LogP contribution in [0.25, 0.3) is 6.08 Å². The van der Waals surface area contributed by atoms with Crippen molar-refractivity contribution < 1.29 is 19.1 Å². The molecule has 1 aliphatic rings. The molecule has 0 saturated carbocycles. The maximum atomic E-state index is 12.2. The topological polar surface area (TPSA) is 68.2 Å². The Labute approximate surface area is 146 Å². The molecule has 1 saturated heterocycles. The Balaban J connectivity index is 2.42. The van der Waals surface area contributed by atoms with Crippen LogP contribution in [-0.2, 0) is 9.59 Å². The van der Waals surface area contributed by atoms with Crippen molar-refractivity contribution in [2.24, 2.45) is 4.99 Å². The Morgan fingerprint density at radius 3 is 2.65 bits per heavy atom. The van der Waals surface area contributed by atoms with Gasteiger partial charge in [0.1, 0.15) is 0 Å². The highest BCUT2D eigenvalue weighted by atomic mass is 79.9. The summed E-state index contributed by atoms with van der Waals surface area (Å²) in [6.45, 7) is 1.32. The molecule has 1 heterocycles. The van der Waals surface area contributed by atoms with Crippen LogP contribution in [-0.4, -0.2) is 43.1 Å². The largest absolute Gasteiger partial charge is 0.493 e. The van der Waals surface area contributed by atoms with Crippen molar-refractivity contribution in [1.82, 2.24) is 4.90 Å². The number of likely N-dealkylation sites (N-methyl/N-ethyl adjacent to an activating group) is 1. The van der Waals surface area contributed by atoms with Gasteiger partial charge in [-0.3, -0.25) is 19.5 Å². The molecule has 2 rings (SSSR count). The number of halogens is 1. The van der Waals surface area contributed by atoms with Gasteiger partial charge in [0.05, 0.1) is 16.5 Å². The summed E-state index contributed by atoms with van der Waals surface area (Å²) in [6.07, 6.45) is 1.74. The number of ether oxygens (including phenoxy) is 2. The molecule has 0 N–H and O–H groups in total. The molecule has 0 atom stereocenters. The average molecular weight is 399 g/mol. The number of nitrogens with zero attached hydrogens (tertiary/aromatic N) is 2. The summed E-state index contributed by atoms with van der Waals surface area (Å²) >= 11 is 4.66. The van der Waals surface area contributed by atoms with E-state index in [1.165, 1.54) is 30.7 Å². The predicted octanol–water partition coefficient (Wildman–Crippen LogP) is 2.91. The van der Waals surface area contributed by atoms with E-state index in [9.17, 15) is 9.59 Å². The van der Waals surface area contributed by atoms with Crippen molar-refractivity contribution in [3.8, 4) is 11.5 Å². The van der Waals surface area contributed by atoms with Gasteiger partial charge in [0, 0.05) is 21.0 Å². The van der Waals surface area contributed by atoms with E-state index in [1.807, 2.05) is 0 Å². The maximum absolute atomic E-state index is 12.2. The van der Waals surface area contributed by atoms with Crippen LogP contribution < -0.4 is 9.47 Å². The van der Waals surface area contributed by atoms with Crippen molar-refractivity contribution in [1.29, 1.82) is 0 Å². The Morgan fingerprint density at radius 1 is 1.43 bits per heavy atom. The van der Waals surface area contributed by atoms with Crippen LogP contribution in [0.15, 0.2) is 26.5 Å². The molecule has 1 aromatic rings. The number of thioether (sulfide) groups is 1. The zero-order valence-electron chi connectivity index (χ0n) is 13.0. The van der Waals surface area contributed by atoms with E-state index < -0.39 is 5.97 Å². The predicted molar refractivity (Wildman–Crippen MR) is 93.7 cm³/mol. The third-order valence-corrected chi connectivity index (χ3v) is 4.73. The molecule has 1 fully saturated rings. The standard InChI is InChI=1S/C15H15BrN2O4S/c1-8(19)22-13-10(16)5-9(6-11(13)21-4)7-12-14(20)18(3)15(17-2)23-12/h5-7H,1-4H3/b12-7+,17-15?. The van der Waals surface area contributed by atoms with Crippen LogP contribution in [0.1, 0.15) is 12.5 Å². The second kappa shape index (κ2) is 7.18. The van der Waals surface area contributed by atoms with Crippen LogP contribution in [0.2, 0.25) is 0 Å². The Hall–Kier alpha value is -1.80. The summed E-state index contributed by atoms with van der Waals surface area (Å²) in [5, 5.41) is 0.642.